The van der Waals surface area contributed by atoms with Crippen molar-refractivity contribution < 1.29 is 9.52 Å². The molecule has 0 spiro atoms. The molecule has 1 aliphatic heterocycles. The molecule has 0 amide bonds. The summed E-state index contributed by atoms with van der Waals surface area (Å²) in [6.45, 7) is 3.57. The zero-order chi connectivity index (χ0) is 17.3. The van der Waals surface area contributed by atoms with Crippen molar-refractivity contribution >= 4 is 0 Å². The summed E-state index contributed by atoms with van der Waals surface area (Å²) < 4.78 is 5.73. The molecule has 2 heterocycles. The van der Waals surface area contributed by atoms with Crippen molar-refractivity contribution in [3.05, 3.63) is 47.7 Å². The van der Waals surface area contributed by atoms with E-state index >= 15 is 0 Å². The quantitative estimate of drug-likeness (QED) is 0.924. The number of aryl methyl sites for hydroxylation is 1. The van der Waals surface area contributed by atoms with E-state index in [0.717, 1.165) is 37.8 Å². The Morgan fingerprint density at radius 2 is 1.92 bits per heavy atom. The van der Waals surface area contributed by atoms with Crippen LogP contribution < -0.4 is 0 Å². The molecule has 1 saturated heterocycles. The van der Waals surface area contributed by atoms with Gasteiger partial charge in [-0.2, -0.15) is 0 Å². The second-order valence-electron chi connectivity index (χ2n) is 7.41. The summed E-state index contributed by atoms with van der Waals surface area (Å²) in [5.41, 5.74) is 0.351. The molecule has 1 saturated carbocycles. The van der Waals surface area contributed by atoms with Crippen LogP contribution in [0.5, 0.6) is 0 Å². The third kappa shape index (κ3) is 3.11. The van der Waals surface area contributed by atoms with Crippen molar-refractivity contribution in [2.45, 2.75) is 63.6 Å². The minimum absolute atomic E-state index is 0.269. The SMILES string of the molecule is CCc1nnc(CN2CC[C@@](O)(c3ccccc3)[C@H]3CCCC[C@H]32)o1. The number of piperidine rings is 1. The summed E-state index contributed by atoms with van der Waals surface area (Å²) in [6, 6.07) is 10.6. The third-order valence-electron chi connectivity index (χ3n) is 6.02. The average Bonchev–Trinajstić information content (AvgIpc) is 3.13. The van der Waals surface area contributed by atoms with Crippen LogP contribution in [-0.4, -0.2) is 32.8 Å². The van der Waals surface area contributed by atoms with Crippen molar-refractivity contribution in [1.82, 2.24) is 15.1 Å². The molecule has 0 bridgehead atoms. The Balaban J connectivity index is 1.57. The largest absolute Gasteiger partial charge is 0.424 e. The Kier molecular flexibility index (Phi) is 4.61. The Labute approximate surface area is 149 Å². The van der Waals surface area contributed by atoms with Gasteiger partial charge in [0.25, 0.3) is 0 Å². The normalized spacial score (nSPS) is 30.2. The predicted molar refractivity (Wildman–Crippen MR) is 94.8 cm³/mol. The second kappa shape index (κ2) is 6.89. The fraction of sp³-hybridized carbons (Fsp3) is 0.600. The standard InChI is InChI=1S/C20H27N3O2/c1-2-18-21-22-19(25-18)14-23-13-12-20(24,15-8-4-3-5-9-15)16-10-6-7-11-17(16)23/h3-5,8-9,16-17,24H,2,6-7,10-14H2,1H3/t16-,17+,20+/m0/s1. The number of benzene rings is 1. The first-order chi connectivity index (χ1) is 12.2. The van der Waals surface area contributed by atoms with E-state index in [-0.39, 0.29) is 5.92 Å². The van der Waals surface area contributed by atoms with Crippen LogP contribution in [0.15, 0.2) is 34.7 Å². The highest BCUT2D eigenvalue weighted by Gasteiger charge is 2.49. The van der Waals surface area contributed by atoms with Gasteiger partial charge in [-0.1, -0.05) is 50.1 Å². The van der Waals surface area contributed by atoms with E-state index in [2.05, 4.69) is 27.2 Å². The van der Waals surface area contributed by atoms with Gasteiger partial charge in [0, 0.05) is 24.9 Å². The van der Waals surface area contributed by atoms with E-state index in [0.29, 0.717) is 24.4 Å². The summed E-state index contributed by atoms with van der Waals surface area (Å²) >= 11 is 0. The van der Waals surface area contributed by atoms with Gasteiger partial charge in [-0.15, -0.1) is 10.2 Å². The van der Waals surface area contributed by atoms with Gasteiger partial charge in [-0.05, 0) is 24.8 Å². The number of likely N-dealkylation sites (tertiary alicyclic amines) is 1. The minimum Gasteiger partial charge on any atom is -0.424 e. The first-order valence-corrected chi connectivity index (χ1v) is 9.54. The molecule has 5 heteroatoms. The second-order valence-corrected chi connectivity index (χ2v) is 7.41. The molecule has 134 valence electrons. The van der Waals surface area contributed by atoms with Gasteiger partial charge in [-0.3, -0.25) is 4.90 Å². The van der Waals surface area contributed by atoms with Crippen molar-refractivity contribution in [3.8, 4) is 0 Å². The molecule has 2 aliphatic rings. The smallest absolute Gasteiger partial charge is 0.230 e. The minimum atomic E-state index is -0.716. The van der Waals surface area contributed by atoms with Crippen molar-refractivity contribution in [3.63, 3.8) is 0 Å². The number of fused-ring (bicyclic) bond motifs is 1. The maximum Gasteiger partial charge on any atom is 0.230 e. The Bertz CT molecular complexity index is 702. The molecule has 2 fully saturated rings. The molecule has 0 radical (unpaired) electrons. The van der Waals surface area contributed by atoms with Crippen molar-refractivity contribution in [2.24, 2.45) is 5.92 Å². The van der Waals surface area contributed by atoms with E-state index in [4.69, 9.17) is 4.42 Å². The van der Waals surface area contributed by atoms with E-state index in [9.17, 15) is 5.11 Å². The Morgan fingerprint density at radius 3 is 2.68 bits per heavy atom. The van der Waals surface area contributed by atoms with Crippen LogP contribution in [0.3, 0.4) is 0 Å². The molecular weight excluding hydrogens is 314 g/mol. The van der Waals surface area contributed by atoms with Gasteiger partial charge in [-0.25, -0.2) is 0 Å². The highest BCUT2D eigenvalue weighted by molar-refractivity contribution is 5.25. The molecule has 1 aromatic heterocycles. The molecule has 1 N–H and O–H groups in total. The van der Waals surface area contributed by atoms with E-state index < -0.39 is 5.60 Å². The van der Waals surface area contributed by atoms with Crippen LogP contribution in [0.1, 0.15) is 56.4 Å². The monoisotopic (exact) mass is 341 g/mol. The van der Waals surface area contributed by atoms with Gasteiger partial charge in [0.1, 0.15) is 0 Å². The lowest BCUT2D eigenvalue weighted by atomic mass is 9.66. The van der Waals surface area contributed by atoms with E-state index in [1.165, 1.54) is 12.8 Å². The number of rotatable bonds is 4. The van der Waals surface area contributed by atoms with Gasteiger partial charge < -0.3 is 9.52 Å². The molecule has 0 unspecified atom stereocenters. The Morgan fingerprint density at radius 1 is 1.16 bits per heavy atom. The topological polar surface area (TPSA) is 62.4 Å². The summed E-state index contributed by atoms with van der Waals surface area (Å²) in [7, 11) is 0. The lowest BCUT2D eigenvalue weighted by Gasteiger charge is -2.52. The summed E-state index contributed by atoms with van der Waals surface area (Å²) in [6.07, 6.45) is 6.17. The van der Waals surface area contributed by atoms with Crippen LogP contribution in [0.25, 0.3) is 0 Å². The van der Waals surface area contributed by atoms with Crippen LogP contribution in [0.4, 0.5) is 0 Å². The first kappa shape index (κ1) is 16.7. The number of aromatic nitrogens is 2. The molecule has 2 aromatic rings. The fourth-order valence-electron chi connectivity index (χ4n) is 4.72. The molecule has 25 heavy (non-hydrogen) atoms. The fourth-order valence-corrected chi connectivity index (χ4v) is 4.72. The van der Waals surface area contributed by atoms with Gasteiger partial charge >= 0.3 is 0 Å². The summed E-state index contributed by atoms with van der Waals surface area (Å²) in [5, 5.41) is 19.9. The summed E-state index contributed by atoms with van der Waals surface area (Å²) in [5.74, 6) is 1.67. The average molecular weight is 341 g/mol. The molecular formula is C20H27N3O2. The van der Waals surface area contributed by atoms with E-state index in [1.54, 1.807) is 0 Å². The van der Waals surface area contributed by atoms with Crippen LogP contribution in [-0.2, 0) is 18.6 Å². The first-order valence-electron chi connectivity index (χ1n) is 9.54. The predicted octanol–water partition coefficient (Wildman–Crippen LogP) is 3.28. The van der Waals surface area contributed by atoms with Gasteiger partial charge in [0.05, 0.1) is 12.1 Å². The lowest BCUT2D eigenvalue weighted by Crippen LogP contribution is -2.57. The zero-order valence-corrected chi connectivity index (χ0v) is 14.9. The highest BCUT2D eigenvalue weighted by Crippen LogP contribution is 2.47. The van der Waals surface area contributed by atoms with Crippen molar-refractivity contribution in [1.29, 1.82) is 0 Å². The number of hydrogen-bond acceptors (Lipinski definition) is 5. The maximum absolute atomic E-state index is 11.6. The molecule has 1 aromatic carbocycles. The van der Waals surface area contributed by atoms with Crippen LogP contribution in [0, 0.1) is 5.92 Å². The number of nitrogens with zero attached hydrogens (tertiary/aromatic N) is 3. The zero-order valence-electron chi connectivity index (χ0n) is 14.9. The van der Waals surface area contributed by atoms with Crippen LogP contribution >= 0.6 is 0 Å². The van der Waals surface area contributed by atoms with Gasteiger partial charge in [0.15, 0.2) is 0 Å². The molecule has 1 aliphatic carbocycles. The molecule has 5 nitrogen and oxygen atoms in total. The summed E-state index contributed by atoms with van der Waals surface area (Å²) in [4.78, 5) is 2.45. The highest BCUT2D eigenvalue weighted by atomic mass is 16.4. The lowest BCUT2D eigenvalue weighted by molar-refractivity contribution is -0.124. The third-order valence-corrected chi connectivity index (χ3v) is 6.02. The van der Waals surface area contributed by atoms with Crippen LogP contribution in [0.2, 0.25) is 0 Å². The number of hydrogen-bond donors (Lipinski definition) is 1. The molecule has 3 atom stereocenters. The van der Waals surface area contributed by atoms with Gasteiger partial charge in [0.2, 0.25) is 11.8 Å². The van der Waals surface area contributed by atoms with E-state index in [1.807, 2.05) is 25.1 Å². The van der Waals surface area contributed by atoms with Crippen molar-refractivity contribution in [2.75, 3.05) is 6.54 Å². The maximum atomic E-state index is 11.6. The Hall–Kier alpha value is -1.72. The number of aliphatic hydroxyl groups is 1. The molecule has 4 rings (SSSR count).